The molecule has 1 aromatic rings. The van der Waals surface area contributed by atoms with Crippen molar-refractivity contribution < 1.29 is 19.7 Å². The molecular weight excluding hydrogens is 486 g/mol. The van der Waals surface area contributed by atoms with Gasteiger partial charge in [0.1, 0.15) is 11.8 Å². The van der Waals surface area contributed by atoms with Gasteiger partial charge in [0, 0.05) is 11.8 Å². The lowest BCUT2D eigenvalue weighted by atomic mass is 9.75. The predicted octanol–water partition coefficient (Wildman–Crippen LogP) is 9.14. The number of aliphatic imine (C=N–C) groups is 1. The molecule has 0 spiro atoms. The van der Waals surface area contributed by atoms with Gasteiger partial charge in [0.25, 0.3) is 0 Å². The van der Waals surface area contributed by atoms with E-state index in [0.717, 1.165) is 38.5 Å². The molecule has 0 radical (unpaired) electrons. The fraction of sp³-hybridized carbons (Fsp3) is 0.794. The van der Waals surface area contributed by atoms with Gasteiger partial charge >= 0.3 is 5.97 Å². The first-order valence-corrected chi connectivity index (χ1v) is 15.4. The molecule has 0 saturated carbocycles. The number of benzene rings is 1. The van der Waals surface area contributed by atoms with Crippen LogP contribution in [0.5, 0.6) is 5.75 Å². The molecule has 0 aliphatic heterocycles. The molecule has 0 aliphatic rings. The SMILES string of the molecule is CCCC(CCC(C)OC(O)(OC(C)CCC(CCC)C(C)(C)C)[C@@H](C)N=Cc1ccccc1O)C(C)(C)C. The Bertz CT molecular complexity index is 802. The van der Waals surface area contributed by atoms with Crippen molar-refractivity contribution >= 4 is 6.21 Å². The number of para-hydroxylation sites is 1. The second kappa shape index (κ2) is 16.1. The summed E-state index contributed by atoms with van der Waals surface area (Å²) in [6.45, 7) is 24.1. The molecule has 0 heterocycles. The minimum atomic E-state index is -1.87. The first kappa shape index (κ1) is 35.6. The minimum Gasteiger partial charge on any atom is -0.507 e. The van der Waals surface area contributed by atoms with Gasteiger partial charge in [0.15, 0.2) is 0 Å². The van der Waals surface area contributed by atoms with Gasteiger partial charge in [-0.05, 0) is 81.3 Å². The number of aliphatic hydroxyl groups is 1. The Kier molecular flexibility index (Phi) is 14.7. The lowest BCUT2D eigenvalue weighted by Gasteiger charge is -2.38. The van der Waals surface area contributed by atoms with E-state index in [9.17, 15) is 10.2 Å². The molecule has 0 amide bonds. The summed E-state index contributed by atoms with van der Waals surface area (Å²) in [5, 5.41) is 22.0. The molecule has 1 aromatic carbocycles. The number of rotatable bonds is 17. The molecule has 5 atom stereocenters. The highest BCUT2D eigenvalue weighted by Gasteiger charge is 2.40. The Morgan fingerprint density at radius 1 is 0.744 bits per heavy atom. The molecule has 0 fully saturated rings. The number of phenolic OH excluding ortho intramolecular Hbond substituents is 1. The number of aromatic hydroxyl groups is 1. The first-order chi connectivity index (χ1) is 18.0. The van der Waals surface area contributed by atoms with Gasteiger partial charge in [-0.2, -0.15) is 0 Å². The molecular formula is C34H61NO4. The maximum absolute atomic E-state index is 11.8. The fourth-order valence-corrected chi connectivity index (χ4v) is 5.39. The summed E-state index contributed by atoms with van der Waals surface area (Å²) >= 11 is 0. The average Bonchev–Trinajstić information content (AvgIpc) is 2.82. The van der Waals surface area contributed by atoms with Gasteiger partial charge < -0.3 is 19.7 Å². The maximum atomic E-state index is 11.8. The number of hydrogen-bond donors (Lipinski definition) is 2. The highest BCUT2D eigenvalue weighted by atomic mass is 16.8. The van der Waals surface area contributed by atoms with Crippen molar-refractivity contribution in [2.75, 3.05) is 0 Å². The molecule has 0 bridgehead atoms. The van der Waals surface area contributed by atoms with Crippen LogP contribution >= 0.6 is 0 Å². The lowest BCUT2D eigenvalue weighted by molar-refractivity contribution is -0.393. The molecule has 0 aliphatic carbocycles. The number of ether oxygens (including phenoxy) is 2. The summed E-state index contributed by atoms with van der Waals surface area (Å²) in [6, 6.07) is 6.34. The molecule has 226 valence electrons. The van der Waals surface area contributed by atoms with E-state index in [4.69, 9.17) is 9.47 Å². The zero-order valence-corrected chi connectivity index (χ0v) is 27.1. The predicted molar refractivity (Wildman–Crippen MR) is 165 cm³/mol. The normalized spacial score (nSPS) is 18.5. The molecule has 2 N–H and O–H groups in total. The Morgan fingerprint density at radius 2 is 1.18 bits per heavy atom. The van der Waals surface area contributed by atoms with Crippen LogP contribution in [0.4, 0.5) is 0 Å². The van der Waals surface area contributed by atoms with Crippen LogP contribution in [-0.4, -0.2) is 40.7 Å². The monoisotopic (exact) mass is 547 g/mol. The zero-order valence-electron chi connectivity index (χ0n) is 27.1. The summed E-state index contributed by atoms with van der Waals surface area (Å²) in [5.41, 5.74) is 1.05. The van der Waals surface area contributed by atoms with E-state index in [1.165, 1.54) is 12.8 Å². The highest BCUT2D eigenvalue weighted by Crippen LogP contribution is 2.36. The summed E-state index contributed by atoms with van der Waals surface area (Å²) in [6.07, 6.45) is 9.60. The van der Waals surface area contributed by atoms with E-state index < -0.39 is 12.0 Å². The highest BCUT2D eigenvalue weighted by molar-refractivity contribution is 5.83. The van der Waals surface area contributed by atoms with Crippen LogP contribution < -0.4 is 0 Å². The quantitative estimate of drug-likeness (QED) is 0.151. The Hall–Kier alpha value is -1.43. The van der Waals surface area contributed by atoms with E-state index in [-0.39, 0.29) is 28.8 Å². The van der Waals surface area contributed by atoms with E-state index in [0.29, 0.717) is 17.4 Å². The topological polar surface area (TPSA) is 71.3 Å². The van der Waals surface area contributed by atoms with Crippen LogP contribution in [0.25, 0.3) is 0 Å². The molecule has 0 aromatic heterocycles. The third-order valence-corrected chi connectivity index (χ3v) is 8.21. The van der Waals surface area contributed by atoms with Crippen molar-refractivity contribution in [2.45, 2.75) is 152 Å². The molecule has 1 rings (SSSR count). The Labute approximate surface area is 240 Å². The minimum absolute atomic E-state index is 0.147. The van der Waals surface area contributed by atoms with Crippen LogP contribution in [-0.2, 0) is 9.47 Å². The standard InChI is InChI=1S/C34H61NO4/c1-12-16-29(32(6,7)8)22-20-25(3)38-34(37,27(5)35-24-28-18-14-15-19-31(28)36)39-26(4)21-23-30(17-13-2)33(9,10)11/h14-15,18-19,24-27,29-30,36-37H,12-13,16-17,20-23H2,1-11H3/t25?,26?,27-,29?,30?,34?/m1/s1. The second-order valence-electron chi connectivity index (χ2n) is 13.9. The van der Waals surface area contributed by atoms with Crippen LogP contribution in [0.2, 0.25) is 0 Å². The number of nitrogens with zero attached hydrogens (tertiary/aromatic N) is 1. The number of phenols is 1. The molecule has 5 heteroatoms. The third kappa shape index (κ3) is 12.7. The summed E-state index contributed by atoms with van der Waals surface area (Å²) < 4.78 is 12.6. The van der Waals surface area contributed by atoms with E-state index in [2.05, 4.69) is 60.4 Å². The Balaban J connectivity index is 3.06. The van der Waals surface area contributed by atoms with Crippen molar-refractivity contribution in [3.8, 4) is 5.75 Å². The van der Waals surface area contributed by atoms with Crippen LogP contribution in [0, 0.1) is 22.7 Å². The van der Waals surface area contributed by atoms with E-state index >= 15 is 0 Å². The van der Waals surface area contributed by atoms with Gasteiger partial charge in [0.2, 0.25) is 0 Å². The van der Waals surface area contributed by atoms with Crippen molar-refractivity contribution in [1.29, 1.82) is 0 Å². The van der Waals surface area contributed by atoms with Gasteiger partial charge in [-0.15, -0.1) is 0 Å². The van der Waals surface area contributed by atoms with E-state index in [1.807, 2.05) is 19.9 Å². The van der Waals surface area contributed by atoms with Crippen LogP contribution in [0.15, 0.2) is 29.3 Å². The van der Waals surface area contributed by atoms with Gasteiger partial charge in [-0.25, -0.2) is 0 Å². The van der Waals surface area contributed by atoms with Crippen LogP contribution in [0.1, 0.15) is 133 Å². The first-order valence-electron chi connectivity index (χ1n) is 15.4. The van der Waals surface area contributed by atoms with Crippen molar-refractivity contribution in [3.05, 3.63) is 29.8 Å². The maximum Gasteiger partial charge on any atom is 0.304 e. The van der Waals surface area contributed by atoms with Crippen molar-refractivity contribution in [2.24, 2.45) is 27.7 Å². The van der Waals surface area contributed by atoms with Gasteiger partial charge in [-0.1, -0.05) is 93.2 Å². The zero-order chi connectivity index (χ0) is 29.9. The average molecular weight is 548 g/mol. The van der Waals surface area contributed by atoms with Gasteiger partial charge in [-0.3, -0.25) is 4.99 Å². The number of hydrogen-bond acceptors (Lipinski definition) is 5. The third-order valence-electron chi connectivity index (χ3n) is 8.21. The molecule has 4 unspecified atom stereocenters. The van der Waals surface area contributed by atoms with E-state index in [1.54, 1.807) is 31.3 Å². The smallest absolute Gasteiger partial charge is 0.304 e. The molecule has 39 heavy (non-hydrogen) atoms. The van der Waals surface area contributed by atoms with Crippen molar-refractivity contribution in [1.82, 2.24) is 0 Å². The second-order valence-corrected chi connectivity index (χ2v) is 13.9. The summed E-state index contributed by atoms with van der Waals surface area (Å²) in [5.74, 6) is -0.547. The largest absolute Gasteiger partial charge is 0.507 e. The van der Waals surface area contributed by atoms with Crippen LogP contribution in [0.3, 0.4) is 0 Å². The summed E-state index contributed by atoms with van der Waals surface area (Å²) in [4.78, 5) is 4.58. The molecule has 5 nitrogen and oxygen atoms in total. The van der Waals surface area contributed by atoms with Gasteiger partial charge in [0.05, 0.1) is 12.2 Å². The lowest BCUT2D eigenvalue weighted by Crippen LogP contribution is -2.49. The summed E-state index contributed by atoms with van der Waals surface area (Å²) in [7, 11) is 0. The Morgan fingerprint density at radius 3 is 1.56 bits per heavy atom. The fourth-order valence-electron chi connectivity index (χ4n) is 5.39. The molecule has 0 saturated heterocycles. The van der Waals surface area contributed by atoms with Crippen molar-refractivity contribution in [3.63, 3.8) is 0 Å².